The van der Waals surface area contributed by atoms with Crippen LogP contribution >= 0.6 is 0 Å². The van der Waals surface area contributed by atoms with Crippen molar-refractivity contribution in [2.75, 3.05) is 39.3 Å². The summed E-state index contributed by atoms with van der Waals surface area (Å²) in [4.78, 5) is 64.2. The van der Waals surface area contributed by atoms with Crippen molar-refractivity contribution < 1.29 is 33.7 Å². The first-order valence-electron chi connectivity index (χ1n) is 13.3. The number of hydrogen-bond acceptors (Lipinski definition) is 10. The van der Waals surface area contributed by atoms with E-state index >= 15 is 0 Å². The van der Waals surface area contributed by atoms with Crippen LogP contribution < -0.4 is 0 Å². The van der Waals surface area contributed by atoms with Crippen LogP contribution in [-0.2, 0) is 32.3 Å². The number of non-ortho nitro benzene ring substituents is 2. The second-order valence-electron chi connectivity index (χ2n) is 9.87. The molecule has 218 valence electrons. The Bertz CT molecular complexity index is 1270. The molecule has 1 atom stereocenters. The Labute approximate surface area is 235 Å². The van der Waals surface area contributed by atoms with Crippen molar-refractivity contribution >= 4 is 29.3 Å². The van der Waals surface area contributed by atoms with E-state index in [0.29, 0.717) is 63.1 Å². The van der Waals surface area contributed by atoms with Crippen molar-refractivity contribution in [1.82, 2.24) is 14.7 Å². The lowest BCUT2D eigenvalue weighted by molar-refractivity contribution is -0.385. The minimum Gasteiger partial charge on any atom is -0.460 e. The zero-order valence-corrected chi connectivity index (χ0v) is 22.4. The van der Waals surface area contributed by atoms with E-state index in [2.05, 4.69) is 0 Å². The minimum atomic E-state index is -0.627. The monoisotopic (exact) mass is 569 g/mol. The van der Waals surface area contributed by atoms with Gasteiger partial charge in [0.25, 0.3) is 11.4 Å². The molecule has 2 heterocycles. The molecule has 2 fully saturated rings. The van der Waals surface area contributed by atoms with Crippen molar-refractivity contribution in [1.29, 1.82) is 0 Å². The molecule has 14 nitrogen and oxygen atoms in total. The SMILES string of the molecule is O=C(CN1CCCN(C(=O)C2CCCN2C(=O)OCc2ccc([N+](=O)[O-])cc2)CC1)OCc1ccc([N+](=O)[O-])cc1. The van der Waals surface area contributed by atoms with Crippen LogP contribution in [0.2, 0.25) is 0 Å². The summed E-state index contributed by atoms with van der Waals surface area (Å²) in [5.74, 6) is -0.585. The average Bonchev–Trinajstić information content (AvgIpc) is 3.35. The lowest BCUT2D eigenvalue weighted by Crippen LogP contribution is -2.49. The van der Waals surface area contributed by atoms with Gasteiger partial charge in [0.1, 0.15) is 19.3 Å². The van der Waals surface area contributed by atoms with Gasteiger partial charge in [0, 0.05) is 57.0 Å². The van der Waals surface area contributed by atoms with Gasteiger partial charge in [-0.05, 0) is 54.7 Å². The van der Waals surface area contributed by atoms with Crippen LogP contribution in [0.25, 0.3) is 0 Å². The molecule has 2 aliphatic rings. The molecule has 4 rings (SSSR count). The highest BCUT2D eigenvalue weighted by Crippen LogP contribution is 2.22. The van der Waals surface area contributed by atoms with E-state index in [-0.39, 0.29) is 37.0 Å². The molecule has 1 unspecified atom stereocenters. The summed E-state index contributed by atoms with van der Waals surface area (Å²) in [5.41, 5.74) is 1.15. The summed E-state index contributed by atoms with van der Waals surface area (Å²) in [6.07, 6.45) is 1.24. The van der Waals surface area contributed by atoms with E-state index in [9.17, 15) is 34.6 Å². The number of ether oxygens (including phenoxy) is 2. The summed E-state index contributed by atoms with van der Waals surface area (Å²) < 4.78 is 10.7. The minimum absolute atomic E-state index is 0.00703. The number of nitro benzene ring substituents is 2. The van der Waals surface area contributed by atoms with Crippen LogP contribution in [-0.4, -0.2) is 87.8 Å². The first-order valence-corrected chi connectivity index (χ1v) is 13.3. The van der Waals surface area contributed by atoms with Crippen molar-refractivity contribution in [2.24, 2.45) is 0 Å². The van der Waals surface area contributed by atoms with Crippen LogP contribution in [0.3, 0.4) is 0 Å². The summed E-state index contributed by atoms with van der Waals surface area (Å²) in [6.45, 7) is 2.36. The van der Waals surface area contributed by atoms with E-state index < -0.39 is 28.0 Å². The fourth-order valence-corrected chi connectivity index (χ4v) is 4.85. The third-order valence-electron chi connectivity index (χ3n) is 7.08. The number of carbonyl (C=O) groups excluding carboxylic acids is 3. The van der Waals surface area contributed by atoms with Crippen LogP contribution in [0, 0.1) is 20.2 Å². The Balaban J connectivity index is 1.22. The smallest absolute Gasteiger partial charge is 0.410 e. The number of esters is 1. The maximum Gasteiger partial charge on any atom is 0.410 e. The van der Waals surface area contributed by atoms with Crippen LogP contribution in [0.1, 0.15) is 30.4 Å². The topological polar surface area (TPSA) is 166 Å². The van der Waals surface area contributed by atoms with Gasteiger partial charge in [0.05, 0.1) is 16.4 Å². The van der Waals surface area contributed by atoms with E-state index in [0.717, 1.165) is 0 Å². The number of rotatable bonds is 9. The van der Waals surface area contributed by atoms with Crippen molar-refractivity contribution in [3.63, 3.8) is 0 Å². The fourth-order valence-electron chi connectivity index (χ4n) is 4.85. The van der Waals surface area contributed by atoms with Gasteiger partial charge in [-0.25, -0.2) is 4.79 Å². The molecule has 2 saturated heterocycles. The highest BCUT2D eigenvalue weighted by molar-refractivity contribution is 5.86. The molecule has 0 aliphatic carbocycles. The Morgan fingerprint density at radius 3 is 1.93 bits per heavy atom. The zero-order valence-electron chi connectivity index (χ0n) is 22.4. The molecule has 0 saturated carbocycles. The van der Waals surface area contributed by atoms with E-state index in [1.807, 2.05) is 4.90 Å². The Hall–Kier alpha value is -4.59. The largest absolute Gasteiger partial charge is 0.460 e. The van der Waals surface area contributed by atoms with Crippen molar-refractivity contribution in [2.45, 2.75) is 38.5 Å². The third kappa shape index (κ3) is 7.97. The lowest BCUT2D eigenvalue weighted by Gasteiger charge is -2.29. The van der Waals surface area contributed by atoms with Gasteiger partial charge in [-0.15, -0.1) is 0 Å². The van der Waals surface area contributed by atoms with Crippen molar-refractivity contribution in [3.05, 3.63) is 79.9 Å². The highest BCUT2D eigenvalue weighted by atomic mass is 16.6. The molecule has 0 spiro atoms. The Morgan fingerprint density at radius 2 is 1.34 bits per heavy atom. The summed E-state index contributed by atoms with van der Waals surface area (Å²) in [7, 11) is 0. The molecule has 0 N–H and O–H groups in total. The van der Waals surface area contributed by atoms with Gasteiger partial charge in [-0.2, -0.15) is 0 Å². The number of likely N-dealkylation sites (tertiary alicyclic amines) is 1. The fraction of sp³-hybridized carbons (Fsp3) is 0.444. The molecule has 14 heteroatoms. The van der Waals surface area contributed by atoms with Gasteiger partial charge < -0.3 is 14.4 Å². The van der Waals surface area contributed by atoms with Crippen LogP contribution in [0.15, 0.2) is 48.5 Å². The molecule has 0 aromatic heterocycles. The molecule has 2 amide bonds. The predicted molar refractivity (Wildman–Crippen MR) is 144 cm³/mol. The van der Waals surface area contributed by atoms with Gasteiger partial charge in [-0.1, -0.05) is 0 Å². The molecule has 0 radical (unpaired) electrons. The first kappa shape index (κ1) is 29.4. The van der Waals surface area contributed by atoms with Gasteiger partial charge in [-0.3, -0.25) is 39.6 Å². The molecule has 2 aromatic carbocycles. The number of hydrogen-bond donors (Lipinski definition) is 0. The maximum atomic E-state index is 13.4. The Morgan fingerprint density at radius 1 is 0.756 bits per heavy atom. The Kier molecular flexibility index (Phi) is 9.79. The summed E-state index contributed by atoms with van der Waals surface area (Å²) in [6, 6.07) is 10.9. The molecule has 2 aliphatic heterocycles. The predicted octanol–water partition coefficient (Wildman–Crippen LogP) is 2.88. The average molecular weight is 570 g/mol. The van der Waals surface area contributed by atoms with Gasteiger partial charge >= 0.3 is 12.1 Å². The molecular weight excluding hydrogens is 538 g/mol. The molecule has 41 heavy (non-hydrogen) atoms. The number of nitrogens with zero attached hydrogens (tertiary/aromatic N) is 5. The molecule has 2 aromatic rings. The van der Waals surface area contributed by atoms with Gasteiger partial charge in [0.15, 0.2) is 0 Å². The van der Waals surface area contributed by atoms with Crippen LogP contribution in [0.4, 0.5) is 16.2 Å². The number of nitro groups is 2. The first-order chi connectivity index (χ1) is 19.7. The van der Waals surface area contributed by atoms with E-state index in [4.69, 9.17) is 9.47 Å². The second-order valence-corrected chi connectivity index (χ2v) is 9.87. The molecule has 0 bridgehead atoms. The number of amides is 2. The zero-order chi connectivity index (χ0) is 29.4. The van der Waals surface area contributed by atoms with Crippen LogP contribution in [0.5, 0.6) is 0 Å². The quantitative estimate of drug-likeness (QED) is 0.249. The van der Waals surface area contributed by atoms with E-state index in [1.165, 1.54) is 41.3 Å². The number of carbonyl (C=O) groups is 3. The standard InChI is InChI=1S/C27H31N5O9/c33-25(40-18-20-4-8-22(9-5-20)31(36)37)17-28-12-2-13-29(16-15-28)26(34)24-3-1-14-30(24)27(35)41-19-21-6-10-23(11-7-21)32(38)39/h4-11,24H,1-3,12-19H2. The highest BCUT2D eigenvalue weighted by Gasteiger charge is 2.38. The van der Waals surface area contributed by atoms with Gasteiger partial charge in [0.2, 0.25) is 5.91 Å². The van der Waals surface area contributed by atoms with Crippen molar-refractivity contribution in [3.8, 4) is 0 Å². The number of benzene rings is 2. The summed E-state index contributed by atoms with van der Waals surface area (Å²) >= 11 is 0. The normalized spacial score (nSPS) is 17.5. The third-order valence-corrected chi connectivity index (χ3v) is 7.08. The lowest BCUT2D eigenvalue weighted by atomic mass is 10.2. The second kappa shape index (κ2) is 13.7. The summed E-state index contributed by atoms with van der Waals surface area (Å²) in [5, 5.41) is 21.6. The molecular formula is C27H31N5O9. The van der Waals surface area contributed by atoms with E-state index in [1.54, 1.807) is 17.0 Å². The maximum absolute atomic E-state index is 13.4.